The van der Waals surface area contributed by atoms with Crippen LogP contribution in [0, 0.1) is 11.3 Å². The van der Waals surface area contributed by atoms with E-state index in [0.717, 1.165) is 30.2 Å². The molecule has 0 bridgehead atoms. The van der Waals surface area contributed by atoms with Crippen LogP contribution in [0.4, 0.5) is 0 Å². The molecule has 0 fully saturated rings. The molecule has 0 aliphatic heterocycles. The zero-order valence-corrected chi connectivity index (χ0v) is 14.7. The molecular weight excluding hydrogens is 326 g/mol. The number of nitrogens with zero attached hydrogens (tertiary/aromatic N) is 1. The van der Waals surface area contributed by atoms with Crippen molar-refractivity contribution in [2.24, 2.45) is 5.73 Å². The van der Waals surface area contributed by atoms with Crippen LogP contribution in [-0.4, -0.2) is 11.5 Å². The van der Waals surface area contributed by atoms with E-state index in [9.17, 15) is 5.26 Å². The molecule has 4 rings (SSSR count). The normalized spacial score (nSPS) is 11.2. The van der Waals surface area contributed by atoms with Gasteiger partial charge in [-0.05, 0) is 55.6 Å². The van der Waals surface area contributed by atoms with Gasteiger partial charge in [-0.3, -0.25) is 0 Å². The van der Waals surface area contributed by atoms with Crippen molar-refractivity contribution in [3.8, 4) is 17.3 Å². The number of H-pyrrole nitrogens is 1. The summed E-state index contributed by atoms with van der Waals surface area (Å²) >= 11 is 1.77. The van der Waals surface area contributed by atoms with Gasteiger partial charge in [-0.2, -0.15) is 5.26 Å². The summed E-state index contributed by atoms with van der Waals surface area (Å²) in [6.45, 7) is 0.711. The third-order valence-electron chi connectivity index (χ3n) is 4.67. The van der Waals surface area contributed by atoms with E-state index in [1.807, 2.05) is 18.2 Å². The molecule has 3 nitrogen and oxygen atoms in total. The Kier molecular flexibility index (Phi) is 4.27. The molecule has 2 aromatic heterocycles. The summed E-state index contributed by atoms with van der Waals surface area (Å²) in [5.41, 5.74) is 11.2. The van der Waals surface area contributed by atoms with Gasteiger partial charge >= 0.3 is 0 Å². The molecule has 2 aromatic carbocycles. The average molecular weight is 345 g/mol. The molecule has 0 amide bonds. The average Bonchev–Trinajstić information content (AvgIpc) is 3.22. The number of benzene rings is 2. The number of nitrogens with one attached hydrogen (secondary N) is 1. The molecule has 124 valence electrons. The summed E-state index contributed by atoms with van der Waals surface area (Å²) in [5, 5.41) is 13.9. The monoisotopic (exact) mass is 345 g/mol. The highest BCUT2D eigenvalue weighted by atomic mass is 32.1. The maximum absolute atomic E-state index is 9.26. The van der Waals surface area contributed by atoms with E-state index >= 15 is 0 Å². The first-order valence-electron chi connectivity index (χ1n) is 8.53. The SMILES string of the molecule is N#Cc1ccc2[nH]c(-c3csc4ccccc34)c(CCCCN)c2c1. The second kappa shape index (κ2) is 6.72. The van der Waals surface area contributed by atoms with Crippen LogP contribution in [0.25, 0.3) is 32.2 Å². The topological polar surface area (TPSA) is 65.6 Å². The minimum Gasteiger partial charge on any atom is -0.354 e. The Labute approximate surface area is 150 Å². The second-order valence-electron chi connectivity index (χ2n) is 6.24. The maximum Gasteiger partial charge on any atom is 0.0991 e. The van der Waals surface area contributed by atoms with Crippen LogP contribution in [0.5, 0.6) is 0 Å². The number of fused-ring (bicyclic) bond motifs is 2. The molecule has 0 saturated carbocycles. The van der Waals surface area contributed by atoms with E-state index in [1.54, 1.807) is 11.3 Å². The molecule has 0 unspecified atom stereocenters. The van der Waals surface area contributed by atoms with Crippen molar-refractivity contribution in [1.29, 1.82) is 5.26 Å². The molecule has 0 atom stereocenters. The molecule has 0 saturated heterocycles. The van der Waals surface area contributed by atoms with E-state index in [0.29, 0.717) is 12.1 Å². The number of nitriles is 1. The highest BCUT2D eigenvalue weighted by Crippen LogP contribution is 2.38. The summed E-state index contributed by atoms with van der Waals surface area (Å²) in [4.78, 5) is 3.60. The van der Waals surface area contributed by atoms with Crippen molar-refractivity contribution in [2.45, 2.75) is 19.3 Å². The van der Waals surface area contributed by atoms with Gasteiger partial charge in [-0.15, -0.1) is 11.3 Å². The summed E-state index contributed by atoms with van der Waals surface area (Å²) < 4.78 is 1.29. The molecule has 4 heteroatoms. The lowest BCUT2D eigenvalue weighted by atomic mass is 9.99. The van der Waals surface area contributed by atoms with Crippen molar-refractivity contribution >= 4 is 32.3 Å². The van der Waals surface area contributed by atoms with Crippen molar-refractivity contribution in [2.75, 3.05) is 6.54 Å². The highest BCUT2D eigenvalue weighted by Gasteiger charge is 2.16. The predicted molar refractivity (Wildman–Crippen MR) is 106 cm³/mol. The van der Waals surface area contributed by atoms with Crippen LogP contribution >= 0.6 is 11.3 Å². The summed E-state index contributed by atoms with van der Waals surface area (Å²) in [7, 11) is 0. The smallest absolute Gasteiger partial charge is 0.0991 e. The number of hydrogen-bond acceptors (Lipinski definition) is 3. The molecule has 4 aromatic rings. The molecule has 0 spiro atoms. The van der Waals surface area contributed by atoms with E-state index in [4.69, 9.17) is 5.73 Å². The fourth-order valence-electron chi connectivity index (χ4n) is 3.42. The zero-order valence-electron chi connectivity index (χ0n) is 13.9. The number of nitrogens with two attached hydrogens (primary N) is 1. The van der Waals surface area contributed by atoms with E-state index in [2.05, 4.69) is 40.7 Å². The van der Waals surface area contributed by atoms with Gasteiger partial charge in [-0.25, -0.2) is 0 Å². The van der Waals surface area contributed by atoms with Crippen LogP contribution in [0.15, 0.2) is 47.8 Å². The quantitative estimate of drug-likeness (QED) is 0.488. The molecule has 0 radical (unpaired) electrons. The molecule has 3 N–H and O–H groups in total. The largest absolute Gasteiger partial charge is 0.354 e. The number of thiophene rings is 1. The Balaban J connectivity index is 1.92. The van der Waals surface area contributed by atoms with Crippen LogP contribution < -0.4 is 5.73 Å². The Morgan fingerprint density at radius 1 is 1.08 bits per heavy atom. The Morgan fingerprint density at radius 3 is 2.80 bits per heavy atom. The minimum atomic E-state index is 0.702. The maximum atomic E-state index is 9.26. The number of aromatic amines is 1. The number of hydrogen-bond donors (Lipinski definition) is 2. The van der Waals surface area contributed by atoms with Gasteiger partial charge in [0.2, 0.25) is 0 Å². The third kappa shape index (κ3) is 2.82. The standard InChI is InChI=1S/C21H19N3S/c22-10-4-3-6-16-17-11-14(12-23)8-9-19(17)24-21(16)18-13-25-20-7-2-1-5-15(18)20/h1-2,5,7-9,11,13,24H,3-4,6,10,22H2. The second-order valence-corrected chi connectivity index (χ2v) is 7.15. The summed E-state index contributed by atoms with van der Waals surface area (Å²) in [6, 6.07) is 16.6. The Morgan fingerprint density at radius 2 is 1.96 bits per heavy atom. The van der Waals surface area contributed by atoms with Crippen molar-refractivity contribution in [3.05, 3.63) is 59.0 Å². The molecule has 25 heavy (non-hydrogen) atoms. The highest BCUT2D eigenvalue weighted by molar-refractivity contribution is 7.17. The minimum absolute atomic E-state index is 0.702. The molecular formula is C21H19N3S. The lowest BCUT2D eigenvalue weighted by Gasteiger charge is -2.05. The van der Waals surface area contributed by atoms with Crippen LogP contribution in [0.1, 0.15) is 24.0 Å². The van der Waals surface area contributed by atoms with Crippen LogP contribution in [0.2, 0.25) is 0 Å². The summed E-state index contributed by atoms with van der Waals surface area (Å²) in [5.74, 6) is 0. The number of unbranched alkanes of at least 4 members (excludes halogenated alkanes) is 1. The fourth-order valence-corrected chi connectivity index (χ4v) is 4.38. The van der Waals surface area contributed by atoms with Crippen LogP contribution in [0.3, 0.4) is 0 Å². The van der Waals surface area contributed by atoms with Crippen molar-refractivity contribution < 1.29 is 0 Å². The van der Waals surface area contributed by atoms with Gasteiger partial charge in [0.1, 0.15) is 0 Å². The fraction of sp³-hybridized carbons (Fsp3) is 0.190. The molecule has 2 heterocycles. The lowest BCUT2D eigenvalue weighted by molar-refractivity contribution is 0.748. The van der Waals surface area contributed by atoms with Crippen molar-refractivity contribution in [1.82, 2.24) is 4.98 Å². The first kappa shape index (κ1) is 15.9. The molecule has 0 aliphatic carbocycles. The van der Waals surface area contributed by atoms with E-state index < -0.39 is 0 Å². The Bertz CT molecular complexity index is 1080. The van der Waals surface area contributed by atoms with Gasteiger partial charge in [-0.1, -0.05) is 18.2 Å². The number of aromatic nitrogens is 1. The van der Waals surface area contributed by atoms with Gasteiger partial charge in [0.15, 0.2) is 0 Å². The zero-order chi connectivity index (χ0) is 17.2. The van der Waals surface area contributed by atoms with Gasteiger partial charge in [0.05, 0.1) is 17.3 Å². The predicted octanol–water partition coefficient (Wildman–Crippen LogP) is 5.20. The lowest BCUT2D eigenvalue weighted by Crippen LogP contribution is -1.99. The van der Waals surface area contributed by atoms with Crippen LogP contribution in [-0.2, 0) is 6.42 Å². The third-order valence-corrected chi connectivity index (χ3v) is 5.63. The number of aryl methyl sites for hydroxylation is 1. The molecule has 0 aliphatic rings. The first-order chi connectivity index (χ1) is 12.3. The van der Waals surface area contributed by atoms with Crippen molar-refractivity contribution in [3.63, 3.8) is 0 Å². The van der Waals surface area contributed by atoms with E-state index in [1.165, 1.54) is 26.9 Å². The summed E-state index contributed by atoms with van der Waals surface area (Å²) in [6.07, 6.45) is 3.02. The Hall–Kier alpha value is -2.61. The number of rotatable bonds is 5. The first-order valence-corrected chi connectivity index (χ1v) is 9.41. The van der Waals surface area contributed by atoms with E-state index in [-0.39, 0.29) is 0 Å². The van der Waals surface area contributed by atoms with Gasteiger partial charge < -0.3 is 10.7 Å². The van der Waals surface area contributed by atoms with Gasteiger partial charge in [0, 0.05) is 31.9 Å². The van der Waals surface area contributed by atoms with Gasteiger partial charge in [0.25, 0.3) is 0 Å².